The molecule has 5 nitrogen and oxygen atoms in total. The summed E-state index contributed by atoms with van der Waals surface area (Å²) in [5.41, 5.74) is 0.295. The van der Waals surface area contributed by atoms with E-state index in [1.165, 1.54) is 0 Å². The van der Waals surface area contributed by atoms with Gasteiger partial charge in [-0.2, -0.15) is 5.06 Å². The molecule has 3 aromatic carbocycles. The van der Waals surface area contributed by atoms with E-state index in [0.29, 0.717) is 6.42 Å². The smallest absolute Gasteiger partial charge is 0.307 e. The summed E-state index contributed by atoms with van der Waals surface area (Å²) in [7, 11) is 0. The van der Waals surface area contributed by atoms with E-state index in [4.69, 9.17) is 4.84 Å². The van der Waals surface area contributed by atoms with Crippen LogP contribution in [0.2, 0.25) is 0 Å². The molecule has 240 valence electrons. The van der Waals surface area contributed by atoms with Crippen LogP contribution < -0.4 is 0 Å². The van der Waals surface area contributed by atoms with Gasteiger partial charge in [-0.05, 0) is 80.2 Å². The molecule has 5 heteroatoms. The van der Waals surface area contributed by atoms with E-state index in [2.05, 4.69) is 118 Å². The van der Waals surface area contributed by atoms with Gasteiger partial charge in [0.15, 0.2) is 0 Å². The Hall–Kier alpha value is -3.15. The number of hydrogen-bond donors (Lipinski definition) is 2. The summed E-state index contributed by atoms with van der Waals surface area (Å²) in [6.45, 7) is 23.5. The van der Waals surface area contributed by atoms with Crippen molar-refractivity contribution >= 4 is 5.97 Å². The minimum Gasteiger partial charge on any atom is -0.508 e. The maximum absolute atomic E-state index is 13.1. The van der Waals surface area contributed by atoms with Gasteiger partial charge in [0.25, 0.3) is 0 Å². The average Bonchev–Trinajstić information content (AvgIpc) is 2.95. The molecule has 0 heterocycles. The first-order valence-electron chi connectivity index (χ1n) is 15.9. The number of hydrogen-bond acceptors (Lipinski definition) is 4. The highest BCUT2D eigenvalue weighted by Gasteiger charge is 2.59. The molecule has 3 rings (SSSR count). The van der Waals surface area contributed by atoms with E-state index < -0.39 is 33.9 Å². The Balaban J connectivity index is 2.21. The van der Waals surface area contributed by atoms with Crippen LogP contribution in [-0.4, -0.2) is 26.8 Å². The van der Waals surface area contributed by atoms with Gasteiger partial charge < -0.3 is 10.2 Å². The molecule has 0 bridgehead atoms. The SMILES string of the molecule is CC(CC(C(=O)O)C(C)(C)C(C)(C)C(C)(ON(C(c1ccccc1)C(C)C)C(C)(C)C)c1ccc(O)cc1)c1ccccc1. The highest BCUT2D eigenvalue weighted by atomic mass is 16.7. The van der Waals surface area contributed by atoms with E-state index in [9.17, 15) is 15.0 Å². The van der Waals surface area contributed by atoms with Gasteiger partial charge in [-0.25, -0.2) is 0 Å². The summed E-state index contributed by atoms with van der Waals surface area (Å²) in [4.78, 5) is 20.6. The van der Waals surface area contributed by atoms with Crippen molar-refractivity contribution in [1.29, 1.82) is 0 Å². The van der Waals surface area contributed by atoms with Crippen molar-refractivity contribution in [2.75, 3.05) is 0 Å². The number of rotatable bonds is 13. The van der Waals surface area contributed by atoms with Crippen molar-refractivity contribution in [1.82, 2.24) is 5.06 Å². The number of phenols is 1. The van der Waals surface area contributed by atoms with Crippen molar-refractivity contribution in [3.8, 4) is 5.75 Å². The predicted octanol–water partition coefficient (Wildman–Crippen LogP) is 9.98. The van der Waals surface area contributed by atoms with Crippen LogP contribution in [0.1, 0.15) is 111 Å². The monoisotopic (exact) mass is 601 g/mol. The second kappa shape index (κ2) is 13.5. The summed E-state index contributed by atoms with van der Waals surface area (Å²) in [6, 6.07) is 27.7. The lowest BCUT2D eigenvalue weighted by molar-refractivity contribution is -0.349. The second-order valence-electron chi connectivity index (χ2n) is 15.1. The van der Waals surface area contributed by atoms with E-state index in [1.807, 2.05) is 36.4 Å². The normalized spacial score (nSPS) is 16.4. The second-order valence-corrected chi connectivity index (χ2v) is 15.1. The molecule has 0 amide bonds. The molecule has 0 fully saturated rings. The number of phenolic OH excluding ortho intramolecular Hbond substituents is 1. The van der Waals surface area contributed by atoms with Gasteiger partial charge in [0.1, 0.15) is 11.4 Å². The molecule has 3 aromatic rings. The highest BCUT2D eigenvalue weighted by molar-refractivity contribution is 5.71. The number of aromatic hydroxyl groups is 1. The van der Waals surface area contributed by atoms with E-state index in [-0.39, 0.29) is 23.6 Å². The maximum atomic E-state index is 13.1. The zero-order valence-electron chi connectivity index (χ0n) is 28.8. The first-order valence-corrected chi connectivity index (χ1v) is 15.9. The number of carbonyl (C=O) groups is 1. The van der Waals surface area contributed by atoms with Gasteiger partial charge in [0.05, 0.1) is 12.0 Å². The molecule has 0 aliphatic rings. The zero-order chi connectivity index (χ0) is 33.1. The Labute approximate surface area is 266 Å². The minimum atomic E-state index is -0.997. The molecule has 0 saturated carbocycles. The molecule has 4 unspecified atom stereocenters. The molecule has 4 atom stereocenters. The lowest BCUT2D eigenvalue weighted by Crippen LogP contribution is -2.59. The third-order valence-corrected chi connectivity index (χ3v) is 10.3. The zero-order valence-corrected chi connectivity index (χ0v) is 28.8. The Morgan fingerprint density at radius 2 is 1.23 bits per heavy atom. The molecule has 2 N–H and O–H groups in total. The average molecular weight is 602 g/mol. The summed E-state index contributed by atoms with van der Waals surface area (Å²) in [6.07, 6.45) is 0.489. The Bertz CT molecular complexity index is 1340. The Morgan fingerprint density at radius 3 is 1.66 bits per heavy atom. The van der Waals surface area contributed by atoms with Crippen LogP contribution in [-0.2, 0) is 15.2 Å². The quantitative estimate of drug-likeness (QED) is 0.191. The largest absolute Gasteiger partial charge is 0.508 e. The summed E-state index contributed by atoms with van der Waals surface area (Å²) in [5.74, 6) is -1.02. The third-order valence-electron chi connectivity index (χ3n) is 10.3. The number of carboxylic acid groups (broad SMARTS) is 1. The van der Waals surface area contributed by atoms with Gasteiger partial charge in [0, 0.05) is 11.0 Å². The van der Waals surface area contributed by atoms with Gasteiger partial charge in [-0.3, -0.25) is 9.63 Å². The summed E-state index contributed by atoms with van der Waals surface area (Å²) < 4.78 is 0. The van der Waals surface area contributed by atoms with Crippen LogP contribution in [0.25, 0.3) is 0 Å². The standard InChI is InChI=1S/C39H55NO4/c1-27(2)34(30-20-16-13-17-21-30)40(36(4,5)6)44-39(11,31-22-24-32(41)25-23-31)38(9,10)37(7,8)33(35(42)43)26-28(3)29-18-14-12-15-19-29/h12-25,27-28,33-34,41H,26H2,1-11H3,(H,42,43). The minimum absolute atomic E-state index is 0.0581. The molecule has 0 aromatic heterocycles. The predicted molar refractivity (Wildman–Crippen MR) is 180 cm³/mol. The van der Waals surface area contributed by atoms with Crippen LogP contribution in [0.15, 0.2) is 84.9 Å². The molecule has 0 spiro atoms. The molecular weight excluding hydrogens is 546 g/mol. The Morgan fingerprint density at radius 1 is 0.750 bits per heavy atom. The van der Waals surface area contributed by atoms with Gasteiger partial charge in [-0.15, -0.1) is 0 Å². The van der Waals surface area contributed by atoms with Crippen molar-refractivity contribution in [2.24, 2.45) is 22.7 Å². The molecular formula is C39H55NO4. The van der Waals surface area contributed by atoms with E-state index in [1.54, 1.807) is 12.1 Å². The molecule has 44 heavy (non-hydrogen) atoms. The summed E-state index contributed by atoms with van der Waals surface area (Å²) in [5, 5.41) is 23.1. The highest BCUT2D eigenvalue weighted by Crippen LogP contribution is 2.59. The fraction of sp³-hybridized carbons (Fsp3) is 0.513. The fourth-order valence-electron chi connectivity index (χ4n) is 6.58. The van der Waals surface area contributed by atoms with Crippen LogP contribution in [0.4, 0.5) is 0 Å². The Kier molecular flexibility index (Phi) is 10.8. The topological polar surface area (TPSA) is 70.0 Å². The van der Waals surface area contributed by atoms with E-state index >= 15 is 0 Å². The fourth-order valence-corrected chi connectivity index (χ4v) is 6.58. The van der Waals surface area contributed by atoms with E-state index in [0.717, 1.165) is 16.7 Å². The summed E-state index contributed by atoms with van der Waals surface area (Å²) >= 11 is 0. The number of benzene rings is 3. The van der Waals surface area contributed by atoms with Crippen molar-refractivity contribution in [3.63, 3.8) is 0 Å². The van der Waals surface area contributed by atoms with Crippen molar-refractivity contribution < 1.29 is 19.8 Å². The van der Waals surface area contributed by atoms with Gasteiger partial charge >= 0.3 is 5.97 Å². The number of nitrogens with zero attached hydrogens (tertiary/aromatic N) is 1. The van der Waals surface area contributed by atoms with Crippen molar-refractivity contribution in [3.05, 3.63) is 102 Å². The van der Waals surface area contributed by atoms with Crippen LogP contribution in [0.5, 0.6) is 5.75 Å². The molecule has 0 aliphatic heterocycles. The first kappa shape index (κ1) is 35.3. The van der Waals surface area contributed by atoms with Crippen LogP contribution in [0.3, 0.4) is 0 Å². The first-order chi connectivity index (χ1) is 20.3. The molecule has 0 saturated heterocycles. The van der Waals surface area contributed by atoms with Gasteiger partial charge in [-0.1, -0.05) is 121 Å². The van der Waals surface area contributed by atoms with Crippen LogP contribution in [0, 0.1) is 22.7 Å². The lowest BCUT2D eigenvalue weighted by Gasteiger charge is -2.58. The molecule has 0 aliphatic carbocycles. The van der Waals surface area contributed by atoms with Gasteiger partial charge in [0.2, 0.25) is 0 Å². The third kappa shape index (κ3) is 7.21. The lowest BCUT2D eigenvalue weighted by atomic mass is 9.52. The maximum Gasteiger partial charge on any atom is 0.307 e. The van der Waals surface area contributed by atoms with Crippen molar-refractivity contribution in [2.45, 2.75) is 106 Å². The molecule has 0 radical (unpaired) electrons. The number of carboxylic acids is 1. The number of hydroxylamine groups is 2. The number of aliphatic carboxylic acids is 1. The van der Waals surface area contributed by atoms with Crippen LogP contribution >= 0.6 is 0 Å².